The number of fused-ring (bicyclic) bond motifs is 1. The molecule has 0 spiro atoms. The SMILES string of the molecule is CC(=O)N(/N=C\c1ccc([N+](=O)[O-])cc1)c1nc2ccc(F)cc2s1. The highest BCUT2D eigenvalue weighted by molar-refractivity contribution is 7.22. The van der Waals surface area contributed by atoms with E-state index >= 15 is 0 Å². The van der Waals surface area contributed by atoms with E-state index < -0.39 is 4.92 Å². The van der Waals surface area contributed by atoms with Gasteiger partial charge in [-0.25, -0.2) is 9.37 Å². The second kappa shape index (κ2) is 6.73. The predicted molar refractivity (Wildman–Crippen MR) is 93.4 cm³/mol. The van der Waals surface area contributed by atoms with Crippen molar-refractivity contribution in [3.8, 4) is 0 Å². The number of hydrogen-bond donors (Lipinski definition) is 0. The summed E-state index contributed by atoms with van der Waals surface area (Å²) in [6.07, 6.45) is 1.40. The normalized spacial score (nSPS) is 11.1. The Kier molecular flexibility index (Phi) is 4.48. The topological polar surface area (TPSA) is 88.7 Å². The summed E-state index contributed by atoms with van der Waals surface area (Å²) >= 11 is 1.14. The van der Waals surface area contributed by atoms with Gasteiger partial charge in [-0.2, -0.15) is 10.1 Å². The summed E-state index contributed by atoms with van der Waals surface area (Å²) < 4.78 is 13.9. The van der Waals surface area contributed by atoms with Crippen LogP contribution in [0.15, 0.2) is 47.6 Å². The predicted octanol–water partition coefficient (Wildman–Crippen LogP) is 3.73. The Hall–Kier alpha value is -3.20. The van der Waals surface area contributed by atoms with E-state index in [-0.39, 0.29) is 17.4 Å². The Morgan fingerprint density at radius 2 is 2.04 bits per heavy atom. The summed E-state index contributed by atoms with van der Waals surface area (Å²) in [6, 6.07) is 9.91. The number of carbonyl (C=O) groups is 1. The average molecular weight is 358 g/mol. The van der Waals surface area contributed by atoms with Crippen molar-refractivity contribution >= 4 is 44.5 Å². The Morgan fingerprint density at radius 1 is 1.32 bits per heavy atom. The first kappa shape index (κ1) is 16.7. The van der Waals surface area contributed by atoms with Gasteiger partial charge in [-0.15, -0.1) is 0 Å². The Bertz CT molecular complexity index is 985. The van der Waals surface area contributed by atoms with Crippen LogP contribution in [0.3, 0.4) is 0 Å². The van der Waals surface area contributed by atoms with Crippen molar-refractivity contribution in [2.24, 2.45) is 5.10 Å². The molecule has 0 unspecified atom stereocenters. The van der Waals surface area contributed by atoms with Crippen molar-refractivity contribution in [3.05, 3.63) is 64.0 Å². The monoisotopic (exact) mass is 358 g/mol. The number of thiazole rings is 1. The first-order chi connectivity index (χ1) is 11.9. The minimum atomic E-state index is -0.497. The summed E-state index contributed by atoms with van der Waals surface area (Å²) in [5.41, 5.74) is 1.12. The quantitative estimate of drug-likeness (QED) is 0.404. The molecule has 0 saturated heterocycles. The molecule has 9 heteroatoms. The number of carbonyl (C=O) groups excluding carboxylic acids is 1. The van der Waals surface area contributed by atoms with Crippen LogP contribution < -0.4 is 5.01 Å². The van der Waals surface area contributed by atoms with Gasteiger partial charge in [0, 0.05) is 19.1 Å². The van der Waals surface area contributed by atoms with E-state index in [1.807, 2.05) is 0 Å². The number of anilines is 1. The maximum Gasteiger partial charge on any atom is 0.269 e. The van der Waals surface area contributed by atoms with Gasteiger partial charge in [-0.05, 0) is 35.9 Å². The number of hydrogen-bond acceptors (Lipinski definition) is 6. The summed E-state index contributed by atoms with van der Waals surface area (Å²) in [5, 5.41) is 16.2. The lowest BCUT2D eigenvalue weighted by atomic mass is 10.2. The van der Waals surface area contributed by atoms with Gasteiger partial charge in [-0.1, -0.05) is 11.3 Å². The zero-order valence-corrected chi connectivity index (χ0v) is 13.7. The van der Waals surface area contributed by atoms with E-state index in [0.29, 0.717) is 20.9 Å². The lowest BCUT2D eigenvalue weighted by Gasteiger charge is -2.10. The number of benzene rings is 2. The van der Waals surface area contributed by atoms with Crippen LogP contribution in [0.5, 0.6) is 0 Å². The van der Waals surface area contributed by atoms with Gasteiger partial charge in [-0.3, -0.25) is 14.9 Å². The lowest BCUT2D eigenvalue weighted by molar-refractivity contribution is -0.384. The van der Waals surface area contributed by atoms with Crippen LogP contribution in [0.25, 0.3) is 10.2 Å². The molecule has 3 rings (SSSR count). The van der Waals surface area contributed by atoms with Gasteiger partial charge in [0.25, 0.3) is 5.69 Å². The minimum Gasteiger partial charge on any atom is -0.273 e. The number of nitrogens with zero attached hydrogens (tertiary/aromatic N) is 4. The summed E-state index contributed by atoms with van der Waals surface area (Å²) in [4.78, 5) is 26.3. The van der Waals surface area contributed by atoms with Crippen LogP contribution in [-0.2, 0) is 4.79 Å². The highest BCUT2D eigenvalue weighted by atomic mass is 32.1. The van der Waals surface area contributed by atoms with E-state index in [0.717, 1.165) is 16.3 Å². The lowest BCUT2D eigenvalue weighted by Crippen LogP contribution is -2.22. The third-order valence-electron chi connectivity index (χ3n) is 3.24. The van der Waals surface area contributed by atoms with Crippen molar-refractivity contribution in [1.82, 2.24) is 4.98 Å². The van der Waals surface area contributed by atoms with Crippen LogP contribution in [0.4, 0.5) is 15.2 Å². The molecule has 0 bridgehead atoms. The largest absolute Gasteiger partial charge is 0.273 e. The maximum absolute atomic E-state index is 13.3. The van der Waals surface area contributed by atoms with Crippen LogP contribution in [0, 0.1) is 15.9 Å². The van der Waals surface area contributed by atoms with Gasteiger partial charge in [0.05, 0.1) is 21.4 Å². The fourth-order valence-corrected chi connectivity index (χ4v) is 3.04. The molecule has 1 amide bonds. The van der Waals surface area contributed by atoms with Crippen molar-refractivity contribution in [3.63, 3.8) is 0 Å². The smallest absolute Gasteiger partial charge is 0.269 e. The molecule has 0 atom stereocenters. The van der Waals surface area contributed by atoms with E-state index in [4.69, 9.17) is 0 Å². The molecule has 0 N–H and O–H groups in total. The number of aromatic nitrogens is 1. The highest BCUT2D eigenvalue weighted by Gasteiger charge is 2.15. The summed E-state index contributed by atoms with van der Waals surface area (Å²) in [7, 11) is 0. The molecule has 126 valence electrons. The van der Waals surface area contributed by atoms with Crippen molar-refractivity contribution in [2.75, 3.05) is 5.01 Å². The zero-order valence-electron chi connectivity index (χ0n) is 12.9. The molecule has 0 radical (unpaired) electrons. The van der Waals surface area contributed by atoms with Crippen LogP contribution >= 0.6 is 11.3 Å². The first-order valence-corrected chi connectivity index (χ1v) is 7.91. The van der Waals surface area contributed by atoms with E-state index in [2.05, 4.69) is 10.1 Å². The van der Waals surface area contributed by atoms with Gasteiger partial charge in [0.1, 0.15) is 5.82 Å². The summed E-state index contributed by atoms with van der Waals surface area (Å²) in [6.45, 7) is 1.33. The first-order valence-electron chi connectivity index (χ1n) is 7.09. The van der Waals surface area contributed by atoms with E-state index in [1.165, 1.54) is 55.6 Å². The number of halogens is 1. The molecule has 25 heavy (non-hydrogen) atoms. The molecule has 2 aromatic carbocycles. The van der Waals surface area contributed by atoms with Gasteiger partial charge >= 0.3 is 0 Å². The van der Waals surface area contributed by atoms with Gasteiger partial charge in [0.2, 0.25) is 11.0 Å². The van der Waals surface area contributed by atoms with Crippen molar-refractivity contribution in [2.45, 2.75) is 6.92 Å². The fraction of sp³-hybridized carbons (Fsp3) is 0.0625. The third kappa shape index (κ3) is 3.66. The van der Waals surface area contributed by atoms with Crippen LogP contribution in [-0.4, -0.2) is 22.0 Å². The molecule has 1 heterocycles. The summed E-state index contributed by atoms with van der Waals surface area (Å²) in [5.74, 6) is -0.746. The molecule has 0 fully saturated rings. The van der Waals surface area contributed by atoms with E-state index in [9.17, 15) is 19.3 Å². The second-order valence-electron chi connectivity index (χ2n) is 5.03. The molecule has 1 aromatic heterocycles. The molecule has 0 saturated carbocycles. The van der Waals surface area contributed by atoms with Crippen molar-refractivity contribution in [1.29, 1.82) is 0 Å². The number of amides is 1. The third-order valence-corrected chi connectivity index (χ3v) is 4.24. The molecule has 7 nitrogen and oxygen atoms in total. The molecular formula is C16H11FN4O3S. The molecule has 0 aliphatic carbocycles. The Balaban J connectivity index is 1.89. The number of nitro benzene ring substituents is 1. The molecular weight excluding hydrogens is 347 g/mol. The maximum atomic E-state index is 13.3. The standard InChI is InChI=1S/C16H11FN4O3S/c1-10(22)20(16-19-14-7-4-12(17)8-15(14)25-16)18-9-11-2-5-13(6-3-11)21(23)24/h2-9H,1H3/b18-9-. The zero-order chi connectivity index (χ0) is 18.0. The highest BCUT2D eigenvalue weighted by Crippen LogP contribution is 2.29. The molecule has 0 aliphatic heterocycles. The van der Waals surface area contributed by atoms with Crippen molar-refractivity contribution < 1.29 is 14.1 Å². The van der Waals surface area contributed by atoms with Crippen LogP contribution in [0.2, 0.25) is 0 Å². The Labute approximate surface area is 145 Å². The minimum absolute atomic E-state index is 0.0335. The van der Waals surface area contributed by atoms with Gasteiger partial charge < -0.3 is 0 Å². The average Bonchev–Trinajstić information content (AvgIpc) is 2.97. The number of non-ortho nitro benzene ring substituents is 1. The number of nitro groups is 1. The number of hydrazone groups is 1. The second-order valence-corrected chi connectivity index (χ2v) is 6.04. The fourth-order valence-electron chi connectivity index (χ4n) is 2.05. The Morgan fingerprint density at radius 3 is 2.68 bits per heavy atom. The molecule has 3 aromatic rings. The molecule has 0 aliphatic rings. The van der Waals surface area contributed by atoms with Crippen LogP contribution in [0.1, 0.15) is 12.5 Å². The number of rotatable bonds is 4. The van der Waals surface area contributed by atoms with Gasteiger partial charge in [0.15, 0.2) is 0 Å². The van der Waals surface area contributed by atoms with E-state index in [1.54, 1.807) is 0 Å².